The first-order valence-corrected chi connectivity index (χ1v) is 8.62. The number of halogens is 1. The lowest BCUT2D eigenvalue weighted by atomic mass is 10.1. The summed E-state index contributed by atoms with van der Waals surface area (Å²) in [5, 5.41) is 7.45. The average molecular weight is 437 g/mol. The molecule has 0 unspecified atom stereocenters. The van der Waals surface area contributed by atoms with Crippen LogP contribution in [0.1, 0.15) is 16.7 Å². The molecule has 0 atom stereocenters. The summed E-state index contributed by atoms with van der Waals surface area (Å²) in [7, 11) is 4.41. The minimum atomic E-state index is 0.226. The number of ether oxygens (including phenoxy) is 2. The number of hydrogen-bond acceptors (Lipinski definition) is 6. The number of nitrogens with zero attached hydrogens (tertiary/aromatic N) is 2. The summed E-state index contributed by atoms with van der Waals surface area (Å²) in [5.41, 5.74) is 14.0. The summed E-state index contributed by atoms with van der Waals surface area (Å²) in [4.78, 5) is 9.40. The smallest absolute Gasteiger partial charge is 0.175 e. The molecule has 0 fully saturated rings. The molecule has 0 radical (unpaired) electrons. The minimum absolute atomic E-state index is 0.226. The van der Waals surface area contributed by atoms with E-state index in [4.69, 9.17) is 30.6 Å². The van der Waals surface area contributed by atoms with Crippen LogP contribution in [-0.4, -0.2) is 33.0 Å². The molecule has 0 heterocycles. The molecular weight excluding hydrogens is 416 g/mol. The molecule has 0 aliphatic rings. The Morgan fingerprint density at radius 3 is 2.26 bits per heavy atom. The number of amidine groups is 2. The highest BCUT2D eigenvalue weighted by Crippen LogP contribution is 2.37. The van der Waals surface area contributed by atoms with Gasteiger partial charge < -0.3 is 30.6 Å². The maximum Gasteiger partial charge on any atom is 0.175 e. The van der Waals surface area contributed by atoms with Crippen molar-refractivity contribution in [1.29, 1.82) is 0 Å². The van der Waals surface area contributed by atoms with Crippen molar-refractivity contribution in [3.63, 3.8) is 0 Å². The zero-order chi connectivity index (χ0) is 19.8. The van der Waals surface area contributed by atoms with E-state index < -0.39 is 0 Å². The monoisotopic (exact) mass is 436 g/mol. The van der Waals surface area contributed by atoms with Crippen LogP contribution in [0.4, 0.5) is 0 Å². The third kappa shape index (κ3) is 5.27. The fourth-order valence-corrected chi connectivity index (χ4v) is 2.84. The summed E-state index contributed by atoms with van der Waals surface area (Å²) in [6.45, 7) is 0.296. The molecule has 8 nitrogen and oxygen atoms in total. The van der Waals surface area contributed by atoms with E-state index in [1.54, 1.807) is 19.2 Å². The van der Waals surface area contributed by atoms with Crippen LogP contribution in [0.5, 0.6) is 11.5 Å². The summed E-state index contributed by atoms with van der Waals surface area (Å²) in [5.74, 6) is 1.56. The quantitative estimate of drug-likeness (QED) is 0.373. The van der Waals surface area contributed by atoms with Crippen LogP contribution in [0.2, 0.25) is 0 Å². The average Bonchev–Trinajstić information content (AvgIpc) is 2.67. The standard InChI is InChI=1S/C18H21BrN4O4/c1-24-15-9-13(18(21)23-26-3)8-14(19)16(15)27-10-11-5-4-6-12(7-11)17(20)22-25-2/h4-9H,10H2,1-3H3,(H2,20,22)(H2,21,23). The first-order chi connectivity index (χ1) is 13.0. The van der Waals surface area contributed by atoms with Crippen LogP contribution >= 0.6 is 15.9 Å². The van der Waals surface area contributed by atoms with Gasteiger partial charge in [0.25, 0.3) is 0 Å². The normalized spacial score (nSPS) is 11.9. The molecule has 27 heavy (non-hydrogen) atoms. The van der Waals surface area contributed by atoms with E-state index in [1.807, 2.05) is 24.3 Å². The number of methoxy groups -OCH3 is 1. The Hall–Kier alpha value is -2.94. The zero-order valence-electron chi connectivity index (χ0n) is 15.2. The highest BCUT2D eigenvalue weighted by Gasteiger charge is 2.14. The Morgan fingerprint density at radius 1 is 0.963 bits per heavy atom. The third-order valence-corrected chi connectivity index (χ3v) is 4.10. The van der Waals surface area contributed by atoms with Crippen LogP contribution in [0.3, 0.4) is 0 Å². The minimum Gasteiger partial charge on any atom is -0.493 e. The van der Waals surface area contributed by atoms with Gasteiger partial charge in [0, 0.05) is 11.1 Å². The zero-order valence-corrected chi connectivity index (χ0v) is 16.8. The van der Waals surface area contributed by atoms with E-state index in [9.17, 15) is 0 Å². The molecule has 2 aromatic rings. The summed E-state index contributed by atoms with van der Waals surface area (Å²) < 4.78 is 12.0. The van der Waals surface area contributed by atoms with Gasteiger partial charge in [-0.05, 0) is 39.7 Å². The lowest BCUT2D eigenvalue weighted by Crippen LogP contribution is -2.14. The van der Waals surface area contributed by atoms with Gasteiger partial charge in [0.2, 0.25) is 0 Å². The van der Waals surface area contributed by atoms with Crippen molar-refractivity contribution in [1.82, 2.24) is 0 Å². The van der Waals surface area contributed by atoms with E-state index >= 15 is 0 Å². The van der Waals surface area contributed by atoms with Gasteiger partial charge in [0.05, 0.1) is 11.6 Å². The van der Waals surface area contributed by atoms with E-state index in [1.165, 1.54) is 14.2 Å². The SMILES string of the molecule is CO/N=C(\N)c1cccc(COc2c(Br)cc(/C(N)=N/OC)cc2OC)c1. The Bertz CT molecular complexity index is 855. The van der Waals surface area contributed by atoms with Gasteiger partial charge >= 0.3 is 0 Å². The molecule has 0 bridgehead atoms. The first-order valence-electron chi connectivity index (χ1n) is 7.83. The van der Waals surface area contributed by atoms with E-state index in [0.29, 0.717) is 28.1 Å². The number of hydrogen-bond donors (Lipinski definition) is 2. The molecule has 0 amide bonds. The molecule has 0 aromatic heterocycles. The van der Waals surface area contributed by atoms with Crippen LogP contribution in [0, 0.1) is 0 Å². The van der Waals surface area contributed by atoms with Crippen LogP contribution in [-0.2, 0) is 16.3 Å². The number of nitrogens with two attached hydrogens (primary N) is 2. The first kappa shape index (κ1) is 20.4. The van der Waals surface area contributed by atoms with Gasteiger partial charge in [-0.15, -0.1) is 0 Å². The summed E-state index contributed by atoms with van der Waals surface area (Å²) >= 11 is 3.48. The Labute approximate surface area is 165 Å². The van der Waals surface area contributed by atoms with Gasteiger partial charge in [-0.2, -0.15) is 0 Å². The topological polar surface area (TPSA) is 114 Å². The Kier molecular flexibility index (Phi) is 7.30. The van der Waals surface area contributed by atoms with Gasteiger partial charge in [-0.3, -0.25) is 0 Å². The lowest BCUT2D eigenvalue weighted by Gasteiger charge is -2.14. The van der Waals surface area contributed by atoms with Crippen molar-refractivity contribution in [2.45, 2.75) is 6.61 Å². The summed E-state index contributed by atoms with van der Waals surface area (Å²) in [6.07, 6.45) is 0. The molecule has 0 saturated heterocycles. The van der Waals surface area contributed by atoms with Crippen LogP contribution < -0.4 is 20.9 Å². The van der Waals surface area contributed by atoms with Crippen molar-refractivity contribution in [2.24, 2.45) is 21.8 Å². The van der Waals surface area contributed by atoms with E-state index in [2.05, 4.69) is 26.2 Å². The molecule has 0 saturated carbocycles. The van der Waals surface area contributed by atoms with Crippen LogP contribution in [0.15, 0.2) is 51.2 Å². The number of oxime groups is 2. The molecule has 0 aliphatic carbocycles. The molecule has 0 aliphatic heterocycles. The molecule has 2 rings (SSSR count). The maximum atomic E-state index is 5.94. The Balaban J connectivity index is 2.24. The second-order valence-electron chi connectivity index (χ2n) is 5.30. The van der Waals surface area contributed by atoms with Crippen molar-refractivity contribution in [3.05, 3.63) is 57.6 Å². The molecule has 9 heteroatoms. The van der Waals surface area contributed by atoms with Gasteiger partial charge in [-0.1, -0.05) is 28.5 Å². The fourth-order valence-electron chi connectivity index (χ4n) is 2.29. The van der Waals surface area contributed by atoms with Gasteiger partial charge in [-0.25, -0.2) is 0 Å². The van der Waals surface area contributed by atoms with Gasteiger partial charge in [0.15, 0.2) is 23.2 Å². The summed E-state index contributed by atoms with van der Waals surface area (Å²) in [6, 6.07) is 11.0. The molecule has 4 N–H and O–H groups in total. The largest absolute Gasteiger partial charge is 0.493 e. The third-order valence-electron chi connectivity index (χ3n) is 3.51. The fraction of sp³-hybridized carbons (Fsp3) is 0.222. The molecular formula is C18H21BrN4O4. The second kappa shape index (κ2) is 9.67. The maximum absolute atomic E-state index is 5.94. The van der Waals surface area contributed by atoms with Crippen LogP contribution in [0.25, 0.3) is 0 Å². The molecule has 144 valence electrons. The number of rotatable bonds is 8. The van der Waals surface area contributed by atoms with E-state index in [0.717, 1.165) is 11.1 Å². The number of benzene rings is 2. The molecule has 2 aromatic carbocycles. The van der Waals surface area contributed by atoms with E-state index in [-0.39, 0.29) is 11.7 Å². The van der Waals surface area contributed by atoms with Crippen molar-refractivity contribution in [3.8, 4) is 11.5 Å². The van der Waals surface area contributed by atoms with Crippen molar-refractivity contribution < 1.29 is 19.1 Å². The Morgan fingerprint density at radius 2 is 1.63 bits per heavy atom. The highest BCUT2D eigenvalue weighted by molar-refractivity contribution is 9.10. The van der Waals surface area contributed by atoms with Gasteiger partial charge in [0.1, 0.15) is 20.8 Å². The predicted octanol–water partition coefficient (Wildman–Crippen LogP) is 2.57. The highest BCUT2D eigenvalue weighted by atomic mass is 79.9. The second-order valence-corrected chi connectivity index (χ2v) is 6.15. The molecule has 0 spiro atoms. The van der Waals surface area contributed by atoms with Crippen molar-refractivity contribution in [2.75, 3.05) is 21.3 Å². The predicted molar refractivity (Wildman–Crippen MR) is 107 cm³/mol. The van der Waals surface area contributed by atoms with Crippen molar-refractivity contribution >= 4 is 27.6 Å². The lowest BCUT2D eigenvalue weighted by molar-refractivity contribution is 0.213.